The molecule has 1 aromatic carbocycles. The van der Waals surface area contributed by atoms with Gasteiger partial charge in [0.2, 0.25) is 0 Å². The van der Waals surface area contributed by atoms with Crippen LogP contribution in [-0.4, -0.2) is 52.7 Å². The fraction of sp³-hybridized carbons (Fsp3) is 0.474. The van der Waals surface area contributed by atoms with Gasteiger partial charge in [0.1, 0.15) is 17.3 Å². The topological polar surface area (TPSA) is 39.9 Å². The molecule has 0 spiro atoms. The lowest BCUT2D eigenvalue weighted by molar-refractivity contribution is 0.0485. The van der Waals surface area contributed by atoms with E-state index in [-0.39, 0.29) is 11.1 Å². The highest BCUT2D eigenvalue weighted by atomic mass is 35.5. The molecular weight excluding hydrogens is 343 g/mol. The highest BCUT2D eigenvalue weighted by Crippen LogP contribution is 2.29. The Morgan fingerprint density at radius 2 is 2.08 bits per heavy atom. The van der Waals surface area contributed by atoms with E-state index in [0.717, 1.165) is 43.9 Å². The van der Waals surface area contributed by atoms with Crippen molar-refractivity contribution >= 4 is 11.6 Å². The number of furan rings is 1. The molecular formula is C19H22ClFN2O2. The summed E-state index contributed by atoms with van der Waals surface area (Å²) in [7, 11) is 0. The Kier molecular flexibility index (Phi) is 4.58. The lowest BCUT2D eigenvalue weighted by atomic mass is 10.1. The molecule has 2 aliphatic rings. The quantitative estimate of drug-likeness (QED) is 0.906. The van der Waals surface area contributed by atoms with E-state index in [1.807, 2.05) is 12.1 Å². The van der Waals surface area contributed by atoms with Gasteiger partial charge in [-0.2, -0.15) is 0 Å². The van der Waals surface area contributed by atoms with Crippen molar-refractivity contribution in [2.24, 2.45) is 0 Å². The molecule has 2 saturated heterocycles. The number of hydrogen-bond donors (Lipinski definition) is 1. The molecule has 3 atom stereocenters. The number of fused-ring (bicyclic) bond motifs is 1. The number of benzene rings is 1. The van der Waals surface area contributed by atoms with Gasteiger partial charge in [-0.3, -0.25) is 9.80 Å². The van der Waals surface area contributed by atoms with Gasteiger partial charge in [-0.05, 0) is 43.7 Å². The predicted molar refractivity (Wildman–Crippen MR) is 95.0 cm³/mol. The molecule has 0 saturated carbocycles. The SMILES string of the molecule is C[C@H]1CN2C[C@H](O)CC2CN1Cc1ccc(-c2ccc(F)c(Cl)c2)o1. The first kappa shape index (κ1) is 17.0. The van der Waals surface area contributed by atoms with Crippen LogP contribution in [0.4, 0.5) is 4.39 Å². The summed E-state index contributed by atoms with van der Waals surface area (Å²) in [6.07, 6.45) is 0.649. The van der Waals surface area contributed by atoms with Crippen LogP contribution in [-0.2, 0) is 6.54 Å². The minimum Gasteiger partial charge on any atom is -0.460 e. The summed E-state index contributed by atoms with van der Waals surface area (Å²) >= 11 is 5.86. The third-order valence-electron chi connectivity index (χ3n) is 5.30. The Morgan fingerprint density at radius 1 is 1.24 bits per heavy atom. The van der Waals surface area contributed by atoms with E-state index >= 15 is 0 Å². The Balaban J connectivity index is 1.46. The first-order chi connectivity index (χ1) is 12.0. The van der Waals surface area contributed by atoms with Crippen LogP contribution in [0, 0.1) is 5.82 Å². The maximum absolute atomic E-state index is 13.3. The Labute approximate surface area is 151 Å². The normalized spacial score (nSPS) is 27.6. The van der Waals surface area contributed by atoms with Crippen LogP contribution in [0.1, 0.15) is 19.1 Å². The van der Waals surface area contributed by atoms with Crippen molar-refractivity contribution in [2.75, 3.05) is 19.6 Å². The van der Waals surface area contributed by atoms with Crippen LogP contribution in [0.3, 0.4) is 0 Å². The molecule has 134 valence electrons. The molecule has 0 radical (unpaired) electrons. The highest BCUT2D eigenvalue weighted by molar-refractivity contribution is 6.31. The summed E-state index contributed by atoms with van der Waals surface area (Å²) in [5.74, 6) is 1.15. The van der Waals surface area contributed by atoms with Gasteiger partial charge >= 0.3 is 0 Å². The Morgan fingerprint density at radius 3 is 2.88 bits per heavy atom. The van der Waals surface area contributed by atoms with Crippen LogP contribution in [0.5, 0.6) is 0 Å². The van der Waals surface area contributed by atoms with Crippen LogP contribution >= 0.6 is 11.6 Å². The van der Waals surface area contributed by atoms with Crippen molar-refractivity contribution in [3.8, 4) is 11.3 Å². The molecule has 25 heavy (non-hydrogen) atoms. The number of nitrogens with zero attached hydrogens (tertiary/aromatic N) is 2. The van der Waals surface area contributed by atoms with E-state index in [4.69, 9.17) is 16.0 Å². The zero-order valence-corrected chi connectivity index (χ0v) is 14.9. The summed E-state index contributed by atoms with van der Waals surface area (Å²) in [5, 5.41) is 9.97. The largest absolute Gasteiger partial charge is 0.460 e. The van der Waals surface area contributed by atoms with Crippen LogP contribution in [0.25, 0.3) is 11.3 Å². The van der Waals surface area contributed by atoms with Crippen molar-refractivity contribution in [3.63, 3.8) is 0 Å². The maximum Gasteiger partial charge on any atom is 0.141 e. The van der Waals surface area contributed by atoms with Crippen LogP contribution in [0.2, 0.25) is 5.02 Å². The van der Waals surface area contributed by atoms with E-state index in [0.29, 0.717) is 17.8 Å². The van der Waals surface area contributed by atoms with E-state index in [2.05, 4.69) is 16.7 Å². The molecule has 1 N–H and O–H groups in total. The molecule has 0 bridgehead atoms. The number of aliphatic hydroxyl groups is 1. The third-order valence-corrected chi connectivity index (χ3v) is 5.59. The zero-order valence-electron chi connectivity index (χ0n) is 14.2. The third kappa shape index (κ3) is 3.47. The molecule has 4 nitrogen and oxygen atoms in total. The molecule has 2 aliphatic heterocycles. The van der Waals surface area contributed by atoms with Crippen LogP contribution in [0.15, 0.2) is 34.7 Å². The number of rotatable bonds is 3. The van der Waals surface area contributed by atoms with E-state index in [1.54, 1.807) is 12.1 Å². The molecule has 4 rings (SSSR count). The summed E-state index contributed by atoms with van der Waals surface area (Å²) in [6, 6.07) is 9.32. The second kappa shape index (κ2) is 6.72. The summed E-state index contributed by atoms with van der Waals surface area (Å²) in [4.78, 5) is 4.79. The fourth-order valence-electron chi connectivity index (χ4n) is 3.96. The van der Waals surface area contributed by atoms with E-state index in [9.17, 15) is 9.50 Å². The fourth-order valence-corrected chi connectivity index (χ4v) is 4.15. The molecule has 2 aromatic rings. The number of aliphatic hydroxyl groups excluding tert-OH is 1. The van der Waals surface area contributed by atoms with Crippen molar-refractivity contribution in [1.82, 2.24) is 9.80 Å². The average molecular weight is 365 g/mol. The van der Waals surface area contributed by atoms with Gasteiger partial charge in [0.05, 0.1) is 17.7 Å². The standard InChI is InChI=1S/C19H22ClFN2O2/c1-12-8-23-10-15(24)7-14(23)9-22(12)11-16-3-5-19(25-16)13-2-4-18(21)17(20)6-13/h2-6,12,14-15,24H,7-11H2,1H3/t12-,14?,15+/m0/s1. The molecule has 6 heteroatoms. The lowest BCUT2D eigenvalue weighted by Crippen LogP contribution is -2.54. The van der Waals surface area contributed by atoms with Gasteiger partial charge < -0.3 is 9.52 Å². The number of hydrogen-bond acceptors (Lipinski definition) is 4. The van der Waals surface area contributed by atoms with Crippen LogP contribution < -0.4 is 0 Å². The molecule has 0 aliphatic carbocycles. The van der Waals surface area contributed by atoms with E-state index < -0.39 is 5.82 Å². The number of piperazine rings is 1. The van der Waals surface area contributed by atoms with Crippen molar-refractivity contribution < 1.29 is 13.9 Å². The first-order valence-electron chi connectivity index (χ1n) is 8.70. The summed E-state index contributed by atoms with van der Waals surface area (Å²) in [6.45, 7) is 5.65. The Bertz CT molecular complexity index is 766. The average Bonchev–Trinajstić information content (AvgIpc) is 3.16. The highest BCUT2D eigenvalue weighted by Gasteiger charge is 2.38. The molecule has 0 amide bonds. The van der Waals surface area contributed by atoms with Crippen molar-refractivity contribution in [2.45, 2.75) is 38.1 Å². The maximum atomic E-state index is 13.3. The van der Waals surface area contributed by atoms with Gasteiger partial charge in [0.15, 0.2) is 0 Å². The van der Waals surface area contributed by atoms with Crippen molar-refractivity contribution in [3.05, 3.63) is 46.9 Å². The molecule has 2 fully saturated rings. The van der Waals surface area contributed by atoms with E-state index in [1.165, 1.54) is 6.07 Å². The molecule has 3 heterocycles. The lowest BCUT2D eigenvalue weighted by Gasteiger charge is -2.41. The van der Waals surface area contributed by atoms with Gasteiger partial charge in [-0.25, -0.2) is 4.39 Å². The van der Waals surface area contributed by atoms with Crippen molar-refractivity contribution in [1.29, 1.82) is 0 Å². The second-order valence-electron chi connectivity index (χ2n) is 7.17. The molecule has 1 unspecified atom stereocenters. The number of halogens is 2. The summed E-state index contributed by atoms with van der Waals surface area (Å²) in [5.41, 5.74) is 0.773. The Hall–Kier alpha value is -1.40. The van der Waals surface area contributed by atoms with Gasteiger partial charge in [0, 0.05) is 37.3 Å². The predicted octanol–water partition coefficient (Wildman–Crippen LogP) is 3.38. The smallest absolute Gasteiger partial charge is 0.141 e. The monoisotopic (exact) mass is 364 g/mol. The minimum atomic E-state index is -0.428. The van der Waals surface area contributed by atoms with Gasteiger partial charge in [-0.1, -0.05) is 11.6 Å². The van der Waals surface area contributed by atoms with Gasteiger partial charge in [0.25, 0.3) is 0 Å². The minimum absolute atomic E-state index is 0.0972. The summed E-state index contributed by atoms with van der Waals surface area (Å²) < 4.78 is 19.3. The van der Waals surface area contributed by atoms with Gasteiger partial charge in [-0.15, -0.1) is 0 Å². The first-order valence-corrected chi connectivity index (χ1v) is 9.07. The zero-order chi connectivity index (χ0) is 17.6. The molecule has 1 aromatic heterocycles. The second-order valence-corrected chi connectivity index (χ2v) is 7.58.